The van der Waals surface area contributed by atoms with Crippen molar-refractivity contribution in [1.29, 1.82) is 0 Å². The molecule has 2 aromatic carbocycles. The lowest BCUT2D eigenvalue weighted by atomic mass is 10.1. The molecule has 1 amide bonds. The van der Waals surface area contributed by atoms with E-state index < -0.39 is 0 Å². The second kappa shape index (κ2) is 9.37. The maximum atomic E-state index is 12.4. The smallest absolute Gasteiger partial charge is 0.260 e. The molecule has 0 aliphatic carbocycles. The number of morpholine rings is 1. The minimum absolute atomic E-state index is 0.0329. The zero-order valence-electron chi connectivity index (χ0n) is 16.4. The molecule has 0 radical (unpaired) electrons. The predicted octanol–water partition coefficient (Wildman–Crippen LogP) is 2.76. The van der Waals surface area contributed by atoms with Crippen molar-refractivity contribution in [2.24, 2.45) is 0 Å². The van der Waals surface area contributed by atoms with Crippen LogP contribution in [-0.4, -0.2) is 56.5 Å². The van der Waals surface area contributed by atoms with Crippen LogP contribution in [0.3, 0.4) is 0 Å². The van der Waals surface area contributed by atoms with Gasteiger partial charge in [-0.3, -0.25) is 9.59 Å². The number of ether oxygens (including phenoxy) is 2. The molecule has 0 spiro atoms. The standard InChI is InChI=1S/C22H26N2O4/c1-17(25)19-4-3-5-21(14-19)28-16-22(26)23(2)15-18-6-8-20(9-7-18)24-10-12-27-13-11-24/h3-9,14H,10-13,15-16H2,1-2H3. The molecule has 0 N–H and O–H groups in total. The van der Waals surface area contributed by atoms with Gasteiger partial charge in [0.15, 0.2) is 12.4 Å². The Morgan fingerprint density at radius 3 is 2.50 bits per heavy atom. The number of likely N-dealkylation sites (N-methyl/N-ethyl adjacent to an activating group) is 1. The lowest BCUT2D eigenvalue weighted by molar-refractivity contribution is -0.132. The molecule has 28 heavy (non-hydrogen) atoms. The van der Waals surface area contributed by atoms with Gasteiger partial charge in [-0.15, -0.1) is 0 Å². The highest BCUT2D eigenvalue weighted by Crippen LogP contribution is 2.18. The first kappa shape index (κ1) is 19.9. The lowest BCUT2D eigenvalue weighted by Crippen LogP contribution is -2.36. The number of amides is 1. The Labute approximate surface area is 165 Å². The van der Waals surface area contributed by atoms with Crippen LogP contribution >= 0.6 is 0 Å². The Balaban J connectivity index is 1.51. The second-order valence-corrected chi connectivity index (χ2v) is 6.89. The molecule has 3 rings (SSSR count). The molecule has 1 fully saturated rings. The number of carbonyl (C=O) groups excluding carboxylic acids is 2. The Hall–Kier alpha value is -2.86. The minimum atomic E-state index is -0.120. The molecule has 6 nitrogen and oxygen atoms in total. The van der Waals surface area contributed by atoms with Crippen LogP contribution in [-0.2, 0) is 16.1 Å². The average molecular weight is 382 g/mol. The molecule has 6 heteroatoms. The van der Waals surface area contributed by atoms with Crippen molar-refractivity contribution in [3.05, 3.63) is 59.7 Å². The van der Waals surface area contributed by atoms with Crippen molar-refractivity contribution in [3.8, 4) is 5.75 Å². The van der Waals surface area contributed by atoms with Gasteiger partial charge in [0.05, 0.1) is 13.2 Å². The van der Waals surface area contributed by atoms with Gasteiger partial charge in [0, 0.05) is 37.9 Å². The summed E-state index contributed by atoms with van der Waals surface area (Å²) >= 11 is 0. The quantitative estimate of drug-likeness (QED) is 0.689. The van der Waals surface area contributed by atoms with Gasteiger partial charge in [-0.05, 0) is 36.8 Å². The zero-order valence-corrected chi connectivity index (χ0v) is 16.4. The molecule has 1 heterocycles. The molecule has 0 aromatic heterocycles. The van der Waals surface area contributed by atoms with Crippen LogP contribution < -0.4 is 9.64 Å². The van der Waals surface area contributed by atoms with Gasteiger partial charge in [0.2, 0.25) is 0 Å². The Kier molecular flexibility index (Phi) is 6.66. The van der Waals surface area contributed by atoms with E-state index in [9.17, 15) is 9.59 Å². The highest BCUT2D eigenvalue weighted by Gasteiger charge is 2.13. The largest absolute Gasteiger partial charge is 0.484 e. The molecule has 1 aliphatic rings. The molecule has 0 saturated carbocycles. The Morgan fingerprint density at radius 1 is 1.11 bits per heavy atom. The molecule has 148 valence electrons. The molecular formula is C22H26N2O4. The SMILES string of the molecule is CC(=O)c1cccc(OCC(=O)N(C)Cc2ccc(N3CCOCC3)cc2)c1. The topological polar surface area (TPSA) is 59.1 Å². The zero-order chi connectivity index (χ0) is 19.9. The van der Waals surface area contributed by atoms with Crippen LogP contribution in [0.5, 0.6) is 5.75 Å². The molecule has 0 bridgehead atoms. The minimum Gasteiger partial charge on any atom is -0.484 e. The fraction of sp³-hybridized carbons (Fsp3) is 0.364. The lowest BCUT2D eigenvalue weighted by Gasteiger charge is -2.29. The summed E-state index contributed by atoms with van der Waals surface area (Å²) < 4.78 is 10.9. The van der Waals surface area contributed by atoms with Crippen LogP contribution in [0.1, 0.15) is 22.8 Å². The van der Waals surface area contributed by atoms with Crippen molar-refractivity contribution >= 4 is 17.4 Å². The van der Waals surface area contributed by atoms with Gasteiger partial charge < -0.3 is 19.3 Å². The van der Waals surface area contributed by atoms with Gasteiger partial charge in [-0.1, -0.05) is 24.3 Å². The summed E-state index contributed by atoms with van der Waals surface area (Å²) in [5.74, 6) is 0.365. The fourth-order valence-corrected chi connectivity index (χ4v) is 3.06. The van der Waals surface area contributed by atoms with E-state index in [-0.39, 0.29) is 18.3 Å². The summed E-state index contributed by atoms with van der Waals surface area (Å²) in [4.78, 5) is 27.7. The highest BCUT2D eigenvalue weighted by molar-refractivity contribution is 5.94. The third kappa shape index (κ3) is 5.33. The van der Waals surface area contributed by atoms with Crippen molar-refractivity contribution in [1.82, 2.24) is 4.90 Å². The summed E-state index contributed by atoms with van der Waals surface area (Å²) in [6.45, 7) is 5.27. The number of anilines is 1. The second-order valence-electron chi connectivity index (χ2n) is 6.89. The molecular weight excluding hydrogens is 356 g/mol. The number of benzene rings is 2. The predicted molar refractivity (Wildman–Crippen MR) is 108 cm³/mol. The van der Waals surface area contributed by atoms with E-state index in [4.69, 9.17) is 9.47 Å². The summed E-state index contributed by atoms with van der Waals surface area (Å²) in [5.41, 5.74) is 2.81. The Morgan fingerprint density at radius 2 is 1.82 bits per heavy atom. The number of nitrogens with zero attached hydrogens (tertiary/aromatic N) is 2. The molecule has 0 atom stereocenters. The number of ketones is 1. The van der Waals surface area contributed by atoms with E-state index in [0.717, 1.165) is 31.9 Å². The van der Waals surface area contributed by atoms with Gasteiger partial charge >= 0.3 is 0 Å². The summed E-state index contributed by atoms with van der Waals surface area (Å²) in [5, 5.41) is 0. The van der Waals surface area contributed by atoms with E-state index in [0.29, 0.717) is 17.9 Å². The van der Waals surface area contributed by atoms with Gasteiger partial charge in [-0.25, -0.2) is 0 Å². The van der Waals surface area contributed by atoms with Crippen LogP contribution in [0.25, 0.3) is 0 Å². The number of hydrogen-bond acceptors (Lipinski definition) is 5. The van der Waals surface area contributed by atoms with Crippen molar-refractivity contribution in [2.75, 3.05) is 44.9 Å². The normalized spacial score (nSPS) is 13.9. The number of hydrogen-bond donors (Lipinski definition) is 0. The van der Waals surface area contributed by atoms with E-state index in [1.807, 2.05) is 12.1 Å². The maximum Gasteiger partial charge on any atom is 0.260 e. The first-order chi connectivity index (χ1) is 13.5. The fourth-order valence-electron chi connectivity index (χ4n) is 3.06. The van der Waals surface area contributed by atoms with E-state index in [1.54, 1.807) is 36.2 Å². The molecule has 1 aliphatic heterocycles. The van der Waals surface area contributed by atoms with Crippen molar-refractivity contribution < 1.29 is 19.1 Å². The van der Waals surface area contributed by atoms with Gasteiger partial charge in [-0.2, -0.15) is 0 Å². The number of rotatable bonds is 7. The van der Waals surface area contributed by atoms with E-state index in [1.165, 1.54) is 12.6 Å². The molecule has 2 aromatic rings. The van der Waals surface area contributed by atoms with Crippen LogP contribution in [0, 0.1) is 0 Å². The van der Waals surface area contributed by atoms with Crippen LogP contribution in [0.15, 0.2) is 48.5 Å². The van der Waals surface area contributed by atoms with E-state index >= 15 is 0 Å². The third-order valence-electron chi connectivity index (χ3n) is 4.76. The highest BCUT2D eigenvalue weighted by atomic mass is 16.5. The first-order valence-electron chi connectivity index (χ1n) is 9.42. The first-order valence-corrected chi connectivity index (χ1v) is 9.42. The summed E-state index contributed by atoms with van der Waals surface area (Å²) in [6, 6.07) is 15.1. The molecule has 1 saturated heterocycles. The van der Waals surface area contributed by atoms with Crippen molar-refractivity contribution in [3.63, 3.8) is 0 Å². The Bertz CT molecular complexity index is 814. The monoisotopic (exact) mass is 382 g/mol. The number of Topliss-reactive ketones (excluding diaryl/α,β-unsaturated/α-hetero) is 1. The van der Waals surface area contributed by atoms with Crippen molar-refractivity contribution in [2.45, 2.75) is 13.5 Å². The number of carbonyl (C=O) groups is 2. The van der Waals surface area contributed by atoms with Crippen LogP contribution in [0.4, 0.5) is 5.69 Å². The van der Waals surface area contributed by atoms with E-state index in [2.05, 4.69) is 17.0 Å². The van der Waals surface area contributed by atoms with Gasteiger partial charge in [0.1, 0.15) is 5.75 Å². The average Bonchev–Trinajstić information content (AvgIpc) is 2.73. The van der Waals surface area contributed by atoms with Gasteiger partial charge in [0.25, 0.3) is 5.91 Å². The third-order valence-corrected chi connectivity index (χ3v) is 4.76. The maximum absolute atomic E-state index is 12.4. The van der Waals surface area contributed by atoms with Crippen LogP contribution in [0.2, 0.25) is 0 Å². The summed E-state index contributed by atoms with van der Waals surface area (Å²) in [7, 11) is 1.76. The molecule has 0 unspecified atom stereocenters. The summed E-state index contributed by atoms with van der Waals surface area (Å²) in [6.07, 6.45) is 0.